The minimum atomic E-state index is -0.229. The molecule has 3 aliphatic heterocycles. The van der Waals surface area contributed by atoms with Gasteiger partial charge in [0.15, 0.2) is 0 Å². The van der Waals surface area contributed by atoms with Gasteiger partial charge >= 0.3 is 0 Å². The number of benzene rings is 1. The Hall–Kier alpha value is -2.41. The van der Waals surface area contributed by atoms with Crippen molar-refractivity contribution in [2.24, 2.45) is 0 Å². The van der Waals surface area contributed by atoms with Crippen molar-refractivity contribution in [3.05, 3.63) is 29.8 Å². The lowest BCUT2D eigenvalue weighted by molar-refractivity contribution is -0.142. The van der Waals surface area contributed by atoms with Crippen LogP contribution in [0.2, 0.25) is 0 Å². The summed E-state index contributed by atoms with van der Waals surface area (Å²) in [6, 6.07) is 7.01. The maximum atomic E-state index is 12.9. The molecule has 0 radical (unpaired) electrons. The average Bonchev–Trinajstić information content (AvgIpc) is 3.10. The van der Waals surface area contributed by atoms with E-state index in [1.807, 2.05) is 19.2 Å². The van der Waals surface area contributed by atoms with Gasteiger partial charge in [0.05, 0.1) is 0 Å². The van der Waals surface area contributed by atoms with E-state index in [0.717, 1.165) is 38.3 Å². The fraction of sp³-hybridized carbons (Fsp3) is 0.526. The van der Waals surface area contributed by atoms with Gasteiger partial charge in [-0.2, -0.15) is 0 Å². The summed E-state index contributed by atoms with van der Waals surface area (Å²) < 4.78 is 0. The predicted molar refractivity (Wildman–Crippen MR) is 96.9 cm³/mol. The second-order valence-corrected chi connectivity index (χ2v) is 7.26. The highest BCUT2D eigenvalue weighted by Gasteiger charge is 2.38. The van der Waals surface area contributed by atoms with Crippen molar-refractivity contribution in [3.63, 3.8) is 0 Å². The van der Waals surface area contributed by atoms with Gasteiger partial charge in [0.2, 0.25) is 11.8 Å². The fourth-order valence-corrected chi connectivity index (χ4v) is 4.04. The molecule has 0 aliphatic carbocycles. The van der Waals surface area contributed by atoms with Crippen molar-refractivity contribution in [1.29, 1.82) is 0 Å². The topological polar surface area (TPSA) is 64.2 Å². The lowest BCUT2D eigenvalue weighted by atomic mass is 10.1. The third-order valence-electron chi connectivity index (χ3n) is 5.66. The van der Waals surface area contributed by atoms with Crippen molar-refractivity contribution in [2.45, 2.75) is 18.9 Å². The summed E-state index contributed by atoms with van der Waals surface area (Å²) in [5.74, 6) is 0.182. The molecule has 7 heteroatoms. The lowest BCUT2D eigenvalue weighted by Gasteiger charge is -2.45. The average molecular weight is 356 g/mol. The molecule has 1 aromatic rings. The van der Waals surface area contributed by atoms with E-state index in [9.17, 15) is 14.4 Å². The molecule has 3 fully saturated rings. The van der Waals surface area contributed by atoms with Crippen molar-refractivity contribution < 1.29 is 14.4 Å². The van der Waals surface area contributed by atoms with Gasteiger partial charge in [0, 0.05) is 64.0 Å². The molecule has 1 aromatic carbocycles. The van der Waals surface area contributed by atoms with E-state index in [1.165, 1.54) is 0 Å². The number of amides is 3. The molecular formula is C19H24N4O3. The van der Waals surface area contributed by atoms with E-state index in [0.29, 0.717) is 25.1 Å². The Morgan fingerprint density at radius 3 is 2.42 bits per heavy atom. The third kappa shape index (κ3) is 2.96. The molecule has 0 spiro atoms. The normalized spacial score (nSPS) is 24.2. The van der Waals surface area contributed by atoms with Crippen molar-refractivity contribution in [2.75, 3.05) is 51.2 Å². The predicted octanol–water partition coefficient (Wildman–Crippen LogP) is 0.412. The molecule has 0 saturated carbocycles. The quantitative estimate of drug-likeness (QED) is 0.770. The molecule has 138 valence electrons. The standard InChI is InChI=1S/C19H24N4O3/c1-20-9-10-21-11-12-22(13-16(21)19(20)26)18(25)14-4-6-15(7-5-14)23-8-2-3-17(23)24/h4-7,16H,2-3,8-13H2,1H3/t16-/m0/s1. The van der Waals surface area contributed by atoms with E-state index in [-0.39, 0.29) is 23.8 Å². The Labute approximate surface area is 153 Å². The summed E-state index contributed by atoms with van der Waals surface area (Å²) in [5, 5.41) is 0. The number of likely N-dealkylation sites (N-methyl/N-ethyl adjacent to an activating group) is 1. The van der Waals surface area contributed by atoms with Crippen LogP contribution in [0, 0.1) is 0 Å². The summed E-state index contributed by atoms with van der Waals surface area (Å²) in [6.45, 7) is 4.17. The van der Waals surface area contributed by atoms with Crippen LogP contribution in [0.15, 0.2) is 24.3 Å². The molecular weight excluding hydrogens is 332 g/mol. The van der Waals surface area contributed by atoms with Gasteiger partial charge in [-0.3, -0.25) is 19.3 Å². The van der Waals surface area contributed by atoms with Crippen molar-refractivity contribution >= 4 is 23.4 Å². The van der Waals surface area contributed by atoms with Crippen molar-refractivity contribution in [3.8, 4) is 0 Å². The van der Waals surface area contributed by atoms with E-state index < -0.39 is 0 Å². The van der Waals surface area contributed by atoms with Crippen LogP contribution in [-0.4, -0.2) is 84.8 Å². The molecule has 3 amide bonds. The number of hydrogen-bond acceptors (Lipinski definition) is 4. The highest BCUT2D eigenvalue weighted by atomic mass is 16.2. The Morgan fingerprint density at radius 2 is 1.73 bits per heavy atom. The van der Waals surface area contributed by atoms with Gasteiger partial charge in [-0.05, 0) is 30.7 Å². The molecule has 3 heterocycles. The number of anilines is 1. The molecule has 1 atom stereocenters. The lowest BCUT2D eigenvalue weighted by Crippen LogP contribution is -2.64. The van der Waals surface area contributed by atoms with E-state index in [2.05, 4.69) is 4.90 Å². The highest BCUT2D eigenvalue weighted by molar-refractivity contribution is 5.98. The zero-order valence-corrected chi connectivity index (χ0v) is 15.1. The molecule has 0 N–H and O–H groups in total. The number of fused-ring (bicyclic) bond motifs is 1. The smallest absolute Gasteiger partial charge is 0.253 e. The number of carbonyl (C=O) groups excluding carboxylic acids is 3. The number of piperazine rings is 2. The zero-order valence-electron chi connectivity index (χ0n) is 15.1. The maximum Gasteiger partial charge on any atom is 0.253 e. The van der Waals surface area contributed by atoms with Crippen LogP contribution in [0.5, 0.6) is 0 Å². The first-order valence-corrected chi connectivity index (χ1v) is 9.23. The van der Waals surface area contributed by atoms with Gasteiger partial charge in [-0.15, -0.1) is 0 Å². The summed E-state index contributed by atoms with van der Waals surface area (Å²) >= 11 is 0. The molecule has 3 aliphatic rings. The second kappa shape index (κ2) is 6.72. The van der Waals surface area contributed by atoms with Gasteiger partial charge in [-0.1, -0.05) is 0 Å². The molecule has 7 nitrogen and oxygen atoms in total. The summed E-state index contributed by atoms with van der Waals surface area (Å²) in [6.07, 6.45) is 1.47. The van der Waals surface area contributed by atoms with Gasteiger partial charge in [0.1, 0.15) is 6.04 Å². The first-order valence-electron chi connectivity index (χ1n) is 9.23. The molecule has 3 saturated heterocycles. The van der Waals surface area contributed by atoms with E-state index >= 15 is 0 Å². The Kier molecular flexibility index (Phi) is 4.40. The Morgan fingerprint density at radius 1 is 1.00 bits per heavy atom. The molecule has 0 aromatic heterocycles. The SMILES string of the molecule is CN1CCN2CCN(C(=O)c3ccc(N4CCCC4=O)cc3)C[C@H]2C1=O. The Bertz CT molecular complexity index is 733. The van der Waals surface area contributed by atoms with Crippen LogP contribution in [0.3, 0.4) is 0 Å². The monoisotopic (exact) mass is 356 g/mol. The van der Waals surface area contributed by atoms with E-state index in [1.54, 1.807) is 26.8 Å². The van der Waals surface area contributed by atoms with Crippen LogP contribution >= 0.6 is 0 Å². The van der Waals surface area contributed by atoms with Crippen LogP contribution in [0.4, 0.5) is 5.69 Å². The first-order chi connectivity index (χ1) is 12.5. The summed E-state index contributed by atoms with van der Waals surface area (Å²) in [5.41, 5.74) is 1.45. The minimum Gasteiger partial charge on any atom is -0.343 e. The number of nitrogens with zero attached hydrogens (tertiary/aromatic N) is 4. The highest BCUT2D eigenvalue weighted by Crippen LogP contribution is 2.23. The zero-order chi connectivity index (χ0) is 18.3. The maximum absolute atomic E-state index is 12.9. The Balaban J connectivity index is 1.46. The number of carbonyl (C=O) groups is 3. The minimum absolute atomic E-state index is 0.0509. The van der Waals surface area contributed by atoms with Gasteiger partial charge < -0.3 is 14.7 Å². The van der Waals surface area contributed by atoms with Crippen LogP contribution in [-0.2, 0) is 9.59 Å². The van der Waals surface area contributed by atoms with Crippen molar-refractivity contribution in [1.82, 2.24) is 14.7 Å². The number of rotatable bonds is 2. The first kappa shape index (κ1) is 17.0. The molecule has 0 unspecified atom stereocenters. The second-order valence-electron chi connectivity index (χ2n) is 7.26. The number of hydrogen-bond donors (Lipinski definition) is 0. The van der Waals surface area contributed by atoms with Crippen LogP contribution in [0.25, 0.3) is 0 Å². The van der Waals surface area contributed by atoms with Crippen LogP contribution < -0.4 is 4.90 Å². The third-order valence-corrected chi connectivity index (χ3v) is 5.66. The van der Waals surface area contributed by atoms with Crippen LogP contribution in [0.1, 0.15) is 23.2 Å². The summed E-state index contributed by atoms with van der Waals surface area (Å²) in [7, 11) is 1.82. The molecule has 4 rings (SSSR count). The summed E-state index contributed by atoms with van der Waals surface area (Å²) in [4.78, 5) is 44.6. The largest absolute Gasteiger partial charge is 0.343 e. The fourth-order valence-electron chi connectivity index (χ4n) is 4.04. The van der Waals surface area contributed by atoms with Gasteiger partial charge in [-0.25, -0.2) is 0 Å². The molecule has 0 bridgehead atoms. The van der Waals surface area contributed by atoms with E-state index in [4.69, 9.17) is 0 Å². The van der Waals surface area contributed by atoms with Gasteiger partial charge in [0.25, 0.3) is 5.91 Å². The molecule has 26 heavy (non-hydrogen) atoms.